The summed E-state index contributed by atoms with van der Waals surface area (Å²) < 4.78 is 1.76. The lowest BCUT2D eigenvalue weighted by atomic mass is 10.0. The maximum absolute atomic E-state index is 12.0. The normalized spacial score (nSPS) is 12.1. The Morgan fingerprint density at radius 3 is 2.58 bits per heavy atom. The monoisotopic (exact) mass is 329 g/mol. The molecule has 2 N–H and O–H groups in total. The summed E-state index contributed by atoms with van der Waals surface area (Å²) in [5.41, 5.74) is 1.89. The summed E-state index contributed by atoms with van der Waals surface area (Å²) in [7, 11) is 0. The Morgan fingerprint density at radius 1 is 1.25 bits per heavy atom. The number of amides is 1. The molecule has 1 aromatic heterocycles. The molecule has 0 fully saturated rings. The van der Waals surface area contributed by atoms with Gasteiger partial charge in [-0.25, -0.2) is 9.48 Å². The maximum atomic E-state index is 12.0. The third-order valence-electron chi connectivity index (χ3n) is 3.64. The number of rotatable bonds is 8. The van der Waals surface area contributed by atoms with Crippen LogP contribution < -0.4 is 5.32 Å². The molecule has 1 atom stereocenters. The molecule has 0 saturated carbocycles. The van der Waals surface area contributed by atoms with Crippen molar-refractivity contribution in [1.82, 2.24) is 15.1 Å². The highest BCUT2D eigenvalue weighted by Gasteiger charge is 2.20. The molecule has 6 nitrogen and oxygen atoms in total. The van der Waals surface area contributed by atoms with Crippen LogP contribution in [-0.4, -0.2) is 32.8 Å². The number of carboxylic acid groups (broad SMARTS) is 1. The van der Waals surface area contributed by atoms with Gasteiger partial charge in [0.25, 0.3) is 0 Å². The Morgan fingerprint density at radius 2 is 1.96 bits per heavy atom. The van der Waals surface area contributed by atoms with E-state index in [1.807, 2.05) is 50.4 Å². The lowest BCUT2D eigenvalue weighted by Gasteiger charge is -2.16. The summed E-state index contributed by atoms with van der Waals surface area (Å²) in [6.07, 6.45) is 4.79. The van der Waals surface area contributed by atoms with Gasteiger partial charge in [-0.05, 0) is 36.5 Å². The smallest absolute Gasteiger partial charge is 0.326 e. The van der Waals surface area contributed by atoms with Crippen molar-refractivity contribution >= 4 is 11.9 Å². The molecule has 0 aliphatic heterocycles. The first-order valence-electron chi connectivity index (χ1n) is 8.07. The number of aliphatic carboxylic acids is 1. The van der Waals surface area contributed by atoms with Gasteiger partial charge in [0.05, 0.1) is 11.9 Å². The highest BCUT2D eigenvalue weighted by atomic mass is 16.4. The van der Waals surface area contributed by atoms with Gasteiger partial charge in [0.1, 0.15) is 6.04 Å². The van der Waals surface area contributed by atoms with Gasteiger partial charge in [-0.15, -0.1) is 0 Å². The third kappa shape index (κ3) is 5.22. The fourth-order valence-corrected chi connectivity index (χ4v) is 2.43. The Kier molecular flexibility index (Phi) is 6.12. The van der Waals surface area contributed by atoms with E-state index in [2.05, 4.69) is 10.4 Å². The lowest BCUT2D eigenvalue weighted by molar-refractivity contribution is -0.142. The molecule has 1 aromatic carbocycles. The van der Waals surface area contributed by atoms with Gasteiger partial charge in [0, 0.05) is 12.6 Å². The fourth-order valence-electron chi connectivity index (χ4n) is 2.43. The van der Waals surface area contributed by atoms with Crippen molar-refractivity contribution in [3.63, 3.8) is 0 Å². The zero-order valence-electron chi connectivity index (χ0n) is 14.0. The van der Waals surface area contributed by atoms with Crippen molar-refractivity contribution in [3.8, 4) is 5.69 Å². The van der Waals surface area contributed by atoms with Crippen LogP contribution in [0.3, 0.4) is 0 Å². The molecule has 2 rings (SSSR count). The van der Waals surface area contributed by atoms with Crippen molar-refractivity contribution in [1.29, 1.82) is 0 Å². The number of nitrogens with one attached hydrogen (secondary N) is 1. The number of aryl methyl sites for hydroxylation is 1. The van der Waals surface area contributed by atoms with Crippen LogP contribution in [0.1, 0.15) is 32.3 Å². The van der Waals surface area contributed by atoms with Crippen LogP contribution in [0.5, 0.6) is 0 Å². The number of para-hydroxylation sites is 1. The van der Waals surface area contributed by atoms with Crippen LogP contribution >= 0.6 is 0 Å². The fraction of sp³-hybridized carbons (Fsp3) is 0.389. The minimum atomic E-state index is -0.992. The van der Waals surface area contributed by atoms with Gasteiger partial charge in [0.15, 0.2) is 0 Å². The summed E-state index contributed by atoms with van der Waals surface area (Å²) in [6, 6.07) is 8.88. The second-order valence-electron chi connectivity index (χ2n) is 6.22. The summed E-state index contributed by atoms with van der Waals surface area (Å²) in [5, 5.41) is 16.0. The van der Waals surface area contributed by atoms with Crippen LogP contribution in [-0.2, 0) is 16.0 Å². The predicted octanol–water partition coefficient (Wildman–Crippen LogP) is 2.42. The van der Waals surface area contributed by atoms with Gasteiger partial charge in [-0.3, -0.25) is 4.79 Å². The van der Waals surface area contributed by atoms with Crippen LogP contribution in [0.25, 0.3) is 5.69 Å². The Labute approximate surface area is 141 Å². The molecule has 1 heterocycles. The second kappa shape index (κ2) is 8.29. The number of hydrogen-bond acceptors (Lipinski definition) is 3. The molecule has 0 spiro atoms. The minimum absolute atomic E-state index is 0.204. The molecule has 2 aromatic rings. The van der Waals surface area contributed by atoms with Gasteiger partial charge in [0.2, 0.25) is 5.91 Å². The summed E-state index contributed by atoms with van der Waals surface area (Å²) in [6.45, 7) is 3.86. The average Bonchev–Trinajstić information content (AvgIpc) is 3.01. The summed E-state index contributed by atoms with van der Waals surface area (Å²) >= 11 is 0. The largest absolute Gasteiger partial charge is 0.480 e. The predicted molar refractivity (Wildman–Crippen MR) is 90.9 cm³/mol. The van der Waals surface area contributed by atoms with Crippen LogP contribution in [0, 0.1) is 5.92 Å². The van der Waals surface area contributed by atoms with E-state index in [1.54, 1.807) is 10.9 Å². The Hall–Kier alpha value is -2.63. The number of aromatic nitrogens is 2. The van der Waals surface area contributed by atoms with Crippen LogP contribution in [0.2, 0.25) is 0 Å². The van der Waals surface area contributed by atoms with E-state index in [0.29, 0.717) is 12.8 Å². The van der Waals surface area contributed by atoms with Crippen molar-refractivity contribution < 1.29 is 14.7 Å². The molecule has 1 amide bonds. The lowest BCUT2D eigenvalue weighted by Crippen LogP contribution is -2.41. The zero-order valence-corrected chi connectivity index (χ0v) is 14.0. The molecule has 0 unspecified atom stereocenters. The topological polar surface area (TPSA) is 84.2 Å². The van der Waals surface area contributed by atoms with Gasteiger partial charge in [-0.1, -0.05) is 32.0 Å². The molecule has 0 radical (unpaired) electrons. The molecule has 128 valence electrons. The van der Waals surface area contributed by atoms with E-state index in [0.717, 1.165) is 11.3 Å². The summed E-state index contributed by atoms with van der Waals surface area (Å²) in [5.74, 6) is -1.04. The van der Waals surface area contributed by atoms with Crippen LogP contribution in [0.4, 0.5) is 0 Å². The molecule has 24 heavy (non-hydrogen) atoms. The molecular formula is C18H23N3O3. The first-order valence-corrected chi connectivity index (χ1v) is 8.07. The standard InChI is InChI=1S/C18H23N3O3/c1-13(2)10-16(18(23)24)20-17(22)9-8-14-11-19-21(12-14)15-6-4-3-5-7-15/h3-7,11-13,16H,8-10H2,1-2H3,(H,20,22)(H,23,24)/t16-/m0/s1. The zero-order chi connectivity index (χ0) is 17.5. The van der Waals surface area contributed by atoms with E-state index in [9.17, 15) is 9.59 Å². The molecule has 0 aliphatic rings. The van der Waals surface area contributed by atoms with E-state index in [4.69, 9.17) is 5.11 Å². The van der Waals surface area contributed by atoms with Crippen molar-refractivity contribution in [2.24, 2.45) is 5.92 Å². The number of hydrogen-bond donors (Lipinski definition) is 2. The van der Waals surface area contributed by atoms with Gasteiger partial charge in [-0.2, -0.15) is 5.10 Å². The molecule has 0 bridgehead atoms. The number of carbonyl (C=O) groups is 2. The van der Waals surface area contributed by atoms with Crippen LogP contribution in [0.15, 0.2) is 42.7 Å². The minimum Gasteiger partial charge on any atom is -0.480 e. The first-order chi connectivity index (χ1) is 11.5. The second-order valence-corrected chi connectivity index (χ2v) is 6.22. The number of carboxylic acids is 1. The van der Waals surface area contributed by atoms with Gasteiger partial charge < -0.3 is 10.4 Å². The number of carbonyl (C=O) groups excluding carboxylic acids is 1. The number of benzene rings is 1. The first kappa shape index (κ1) is 17.7. The molecular weight excluding hydrogens is 306 g/mol. The highest BCUT2D eigenvalue weighted by molar-refractivity contribution is 5.83. The highest BCUT2D eigenvalue weighted by Crippen LogP contribution is 2.10. The van der Waals surface area contributed by atoms with Gasteiger partial charge >= 0.3 is 5.97 Å². The van der Waals surface area contributed by atoms with Crippen molar-refractivity contribution in [2.75, 3.05) is 0 Å². The Balaban J connectivity index is 1.88. The van der Waals surface area contributed by atoms with E-state index < -0.39 is 12.0 Å². The van der Waals surface area contributed by atoms with Crippen molar-refractivity contribution in [2.45, 2.75) is 39.2 Å². The van der Waals surface area contributed by atoms with E-state index >= 15 is 0 Å². The maximum Gasteiger partial charge on any atom is 0.326 e. The third-order valence-corrected chi connectivity index (χ3v) is 3.64. The molecule has 0 aliphatic carbocycles. The summed E-state index contributed by atoms with van der Waals surface area (Å²) in [4.78, 5) is 23.2. The quantitative estimate of drug-likeness (QED) is 0.779. The average molecular weight is 329 g/mol. The molecule has 6 heteroatoms. The van der Waals surface area contributed by atoms with E-state index in [-0.39, 0.29) is 18.2 Å². The number of nitrogens with zero attached hydrogens (tertiary/aromatic N) is 2. The van der Waals surface area contributed by atoms with E-state index in [1.165, 1.54) is 0 Å². The SMILES string of the molecule is CC(C)C[C@H](NC(=O)CCc1cnn(-c2ccccc2)c1)C(=O)O. The molecule has 0 saturated heterocycles. The van der Waals surface area contributed by atoms with Crippen molar-refractivity contribution in [3.05, 3.63) is 48.3 Å². The Bertz CT molecular complexity index is 680.